The third kappa shape index (κ3) is 3.29. The second kappa shape index (κ2) is 7.50. The third-order valence-corrected chi connectivity index (χ3v) is 10.1. The lowest BCUT2D eigenvalue weighted by atomic mass is 9.44. The molecule has 4 nitrogen and oxygen atoms in total. The van der Waals surface area contributed by atoms with Crippen molar-refractivity contribution in [3.05, 3.63) is 0 Å². The van der Waals surface area contributed by atoms with Crippen LogP contribution in [0.2, 0.25) is 0 Å². The Morgan fingerprint density at radius 1 is 1.07 bits per heavy atom. The summed E-state index contributed by atoms with van der Waals surface area (Å²) in [4.78, 5) is 37.1. The molecule has 0 aliphatic heterocycles. The van der Waals surface area contributed by atoms with Crippen molar-refractivity contribution in [3.63, 3.8) is 0 Å². The SMILES string of the molecule is COC(=O)CC[C@@H](C)[C@H]1CC[C@H]2[C@@H]3C(=O)C[C@@H]4CC(=O)CC[C@]4(C)[C@H]3CC[C@]12C. The zero-order chi connectivity index (χ0) is 21.0. The van der Waals surface area contributed by atoms with Crippen LogP contribution in [0.4, 0.5) is 0 Å². The number of hydrogen-bond acceptors (Lipinski definition) is 4. The van der Waals surface area contributed by atoms with E-state index in [0.717, 1.165) is 25.7 Å². The Labute approximate surface area is 175 Å². The fourth-order valence-corrected chi connectivity index (χ4v) is 8.35. The lowest BCUT2D eigenvalue weighted by Crippen LogP contribution is -2.57. The summed E-state index contributed by atoms with van der Waals surface area (Å²) in [5.74, 6) is 3.18. The normalized spacial score (nSPS) is 45.2. The molecule has 4 rings (SSSR count). The highest BCUT2D eigenvalue weighted by Gasteiger charge is 2.63. The Morgan fingerprint density at radius 3 is 2.52 bits per heavy atom. The third-order valence-electron chi connectivity index (χ3n) is 10.1. The van der Waals surface area contributed by atoms with Crippen LogP contribution in [-0.4, -0.2) is 24.6 Å². The van der Waals surface area contributed by atoms with E-state index in [9.17, 15) is 14.4 Å². The molecule has 0 aromatic heterocycles. The molecule has 0 aromatic carbocycles. The highest BCUT2D eigenvalue weighted by atomic mass is 16.5. The minimum absolute atomic E-state index is 0.117. The highest BCUT2D eigenvalue weighted by molar-refractivity contribution is 5.86. The van der Waals surface area contributed by atoms with Crippen LogP contribution in [0.3, 0.4) is 0 Å². The molecule has 0 spiro atoms. The van der Waals surface area contributed by atoms with E-state index >= 15 is 0 Å². The summed E-state index contributed by atoms with van der Waals surface area (Å²) in [6.07, 6.45) is 8.96. The smallest absolute Gasteiger partial charge is 0.305 e. The largest absolute Gasteiger partial charge is 0.469 e. The zero-order valence-electron chi connectivity index (χ0n) is 18.7. The number of Topliss-reactive ketones (excluding diaryl/α,β-unsaturated/α-hetero) is 2. The van der Waals surface area contributed by atoms with Crippen LogP contribution < -0.4 is 0 Å². The van der Waals surface area contributed by atoms with Crippen molar-refractivity contribution in [2.24, 2.45) is 46.3 Å². The topological polar surface area (TPSA) is 60.4 Å². The summed E-state index contributed by atoms with van der Waals surface area (Å²) >= 11 is 0. The lowest BCUT2D eigenvalue weighted by molar-refractivity contribution is -0.159. The van der Waals surface area contributed by atoms with E-state index in [2.05, 4.69) is 20.8 Å². The van der Waals surface area contributed by atoms with E-state index < -0.39 is 0 Å². The van der Waals surface area contributed by atoms with Gasteiger partial charge in [-0.3, -0.25) is 14.4 Å². The molecule has 0 bridgehead atoms. The summed E-state index contributed by atoms with van der Waals surface area (Å²) < 4.78 is 4.84. The van der Waals surface area contributed by atoms with Gasteiger partial charge >= 0.3 is 5.97 Å². The second-order valence-electron chi connectivity index (χ2n) is 11.2. The van der Waals surface area contributed by atoms with Gasteiger partial charge in [-0.25, -0.2) is 0 Å². The van der Waals surface area contributed by atoms with Gasteiger partial charge in [0.25, 0.3) is 0 Å². The molecule has 0 radical (unpaired) electrons. The van der Waals surface area contributed by atoms with Crippen molar-refractivity contribution >= 4 is 17.5 Å². The van der Waals surface area contributed by atoms with Crippen LogP contribution >= 0.6 is 0 Å². The molecule has 0 saturated heterocycles. The number of carbonyl (C=O) groups excluding carboxylic acids is 3. The van der Waals surface area contributed by atoms with Crippen molar-refractivity contribution in [1.82, 2.24) is 0 Å². The molecule has 4 aliphatic rings. The number of rotatable bonds is 4. The Kier molecular flexibility index (Phi) is 5.44. The Hall–Kier alpha value is -1.19. The monoisotopic (exact) mass is 402 g/mol. The van der Waals surface area contributed by atoms with E-state index in [-0.39, 0.29) is 28.6 Å². The van der Waals surface area contributed by atoms with Crippen LogP contribution in [0.1, 0.15) is 85.0 Å². The number of methoxy groups -OCH3 is 1. The lowest BCUT2D eigenvalue weighted by Gasteiger charge is -2.59. The van der Waals surface area contributed by atoms with Gasteiger partial charge in [0, 0.05) is 31.6 Å². The van der Waals surface area contributed by atoms with Crippen molar-refractivity contribution in [3.8, 4) is 0 Å². The number of esters is 1. The second-order valence-corrected chi connectivity index (χ2v) is 11.2. The molecule has 0 amide bonds. The van der Waals surface area contributed by atoms with Gasteiger partial charge in [-0.05, 0) is 78.9 Å². The number of ketones is 2. The molecule has 29 heavy (non-hydrogen) atoms. The maximum atomic E-state index is 13.4. The fourth-order valence-electron chi connectivity index (χ4n) is 8.35. The molecular weight excluding hydrogens is 364 g/mol. The average molecular weight is 403 g/mol. The fraction of sp³-hybridized carbons (Fsp3) is 0.880. The predicted molar refractivity (Wildman–Crippen MR) is 111 cm³/mol. The molecule has 0 heterocycles. The minimum Gasteiger partial charge on any atom is -0.469 e. The van der Waals surface area contributed by atoms with Crippen molar-refractivity contribution in [2.45, 2.75) is 85.0 Å². The minimum atomic E-state index is -0.117. The predicted octanol–water partition coefficient (Wildman–Crippen LogP) is 4.98. The number of ether oxygens (including phenoxy) is 1. The van der Waals surface area contributed by atoms with Gasteiger partial charge in [-0.15, -0.1) is 0 Å². The molecule has 4 saturated carbocycles. The molecule has 0 aromatic rings. The number of hydrogen-bond donors (Lipinski definition) is 0. The number of fused-ring (bicyclic) bond motifs is 5. The summed E-state index contributed by atoms with van der Waals surface area (Å²) in [6.45, 7) is 7.12. The first-order valence-electron chi connectivity index (χ1n) is 11.8. The molecule has 4 fully saturated rings. The summed E-state index contributed by atoms with van der Waals surface area (Å²) in [5.41, 5.74) is 0.377. The first-order valence-corrected chi connectivity index (χ1v) is 11.8. The van der Waals surface area contributed by atoms with Crippen molar-refractivity contribution in [2.75, 3.05) is 7.11 Å². The molecular formula is C25H38O4. The van der Waals surface area contributed by atoms with Gasteiger partial charge in [0.05, 0.1) is 7.11 Å². The van der Waals surface area contributed by atoms with Crippen molar-refractivity contribution in [1.29, 1.82) is 0 Å². The first-order chi connectivity index (χ1) is 13.7. The molecule has 162 valence electrons. The van der Waals surface area contributed by atoms with Gasteiger partial charge in [-0.1, -0.05) is 20.8 Å². The van der Waals surface area contributed by atoms with Crippen LogP contribution in [-0.2, 0) is 19.1 Å². The van der Waals surface area contributed by atoms with Gasteiger partial charge in [-0.2, -0.15) is 0 Å². The maximum Gasteiger partial charge on any atom is 0.305 e. The van der Waals surface area contributed by atoms with E-state index in [1.807, 2.05) is 0 Å². The summed E-state index contributed by atoms with van der Waals surface area (Å²) in [6, 6.07) is 0. The molecule has 4 heteroatoms. The molecule has 0 N–H and O–H groups in total. The van der Waals surface area contributed by atoms with Gasteiger partial charge in [0.2, 0.25) is 0 Å². The van der Waals surface area contributed by atoms with E-state index in [4.69, 9.17) is 4.74 Å². The van der Waals surface area contributed by atoms with Gasteiger partial charge in [0.15, 0.2) is 0 Å². The summed E-state index contributed by atoms with van der Waals surface area (Å²) in [5, 5.41) is 0. The van der Waals surface area contributed by atoms with Crippen LogP contribution in [0.15, 0.2) is 0 Å². The van der Waals surface area contributed by atoms with Crippen LogP contribution in [0.5, 0.6) is 0 Å². The Bertz CT molecular complexity index is 699. The van der Waals surface area contributed by atoms with E-state index in [1.54, 1.807) is 0 Å². The molecule has 8 atom stereocenters. The molecule has 0 unspecified atom stereocenters. The average Bonchev–Trinajstić information content (AvgIpc) is 3.04. The molecule has 4 aliphatic carbocycles. The first kappa shape index (κ1) is 21.1. The van der Waals surface area contributed by atoms with Crippen LogP contribution in [0, 0.1) is 46.3 Å². The standard InChI is InChI=1S/C25H38O4/c1-15(5-8-22(28)29-4)18-6-7-19-23-20(10-12-25(18,19)3)24(2)11-9-17(26)13-16(24)14-21(23)27/h15-16,18-20,23H,5-14H2,1-4H3/t15-,16+,18-,19+,20+,23+,24+,25-/m1/s1. The van der Waals surface area contributed by atoms with Crippen molar-refractivity contribution < 1.29 is 19.1 Å². The van der Waals surface area contributed by atoms with Gasteiger partial charge < -0.3 is 4.74 Å². The van der Waals surface area contributed by atoms with Gasteiger partial charge in [0.1, 0.15) is 11.6 Å². The van der Waals surface area contributed by atoms with E-state index in [0.29, 0.717) is 60.9 Å². The zero-order valence-corrected chi connectivity index (χ0v) is 18.7. The quantitative estimate of drug-likeness (QED) is 0.622. The van der Waals surface area contributed by atoms with E-state index in [1.165, 1.54) is 20.0 Å². The highest BCUT2D eigenvalue weighted by Crippen LogP contribution is 2.67. The Balaban J connectivity index is 1.54. The Morgan fingerprint density at radius 2 is 1.79 bits per heavy atom. The number of carbonyl (C=O) groups is 3. The van der Waals surface area contributed by atoms with Crippen LogP contribution in [0.25, 0.3) is 0 Å². The summed E-state index contributed by atoms with van der Waals surface area (Å²) in [7, 11) is 1.46. The maximum absolute atomic E-state index is 13.4.